The number of nitrogens with one attached hydrogen (secondary N) is 2. The molecule has 28 heavy (non-hydrogen) atoms. The van der Waals surface area contributed by atoms with Gasteiger partial charge in [0.15, 0.2) is 0 Å². The molecule has 1 aromatic carbocycles. The summed E-state index contributed by atoms with van der Waals surface area (Å²) >= 11 is 0. The fourth-order valence-corrected chi connectivity index (χ4v) is 3.41. The zero-order chi connectivity index (χ0) is 19.8. The van der Waals surface area contributed by atoms with Gasteiger partial charge in [-0.15, -0.1) is 0 Å². The van der Waals surface area contributed by atoms with E-state index in [0.29, 0.717) is 13.0 Å². The van der Waals surface area contributed by atoms with Gasteiger partial charge < -0.3 is 15.4 Å². The molecule has 8 heteroatoms. The van der Waals surface area contributed by atoms with Crippen LogP contribution in [0.2, 0.25) is 0 Å². The number of imide groups is 1. The second-order valence-corrected chi connectivity index (χ2v) is 7.11. The molecule has 0 radical (unpaired) electrons. The number of nitrogens with zero attached hydrogens (tertiary/aromatic N) is 2. The Morgan fingerprint density at radius 2 is 1.93 bits per heavy atom. The molecule has 3 rings (SSSR count). The molecule has 8 nitrogen and oxygen atoms in total. The highest BCUT2D eigenvalue weighted by Gasteiger charge is 2.37. The number of ether oxygens (including phenoxy) is 1. The van der Waals surface area contributed by atoms with E-state index in [0.717, 1.165) is 44.8 Å². The lowest BCUT2D eigenvalue weighted by Crippen LogP contribution is -2.38. The third-order valence-electron chi connectivity index (χ3n) is 5.03. The van der Waals surface area contributed by atoms with Crippen LogP contribution in [0.25, 0.3) is 0 Å². The fourth-order valence-electron chi connectivity index (χ4n) is 3.41. The van der Waals surface area contributed by atoms with Crippen LogP contribution in [0.5, 0.6) is 0 Å². The Morgan fingerprint density at radius 3 is 2.68 bits per heavy atom. The van der Waals surface area contributed by atoms with Gasteiger partial charge in [-0.2, -0.15) is 0 Å². The SMILES string of the molecule is O=C(CCC1NC(=O)N(Cc2ccccc2)C1=O)NCCCN1CCOCC1. The van der Waals surface area contributed by atoms with Crippen LogP contribution in [0.3, 0.4) is 0 Å². The van der Waals surface area contributed by atoms with Crippen molar-refractivity contribution in [2.75, 3.05) is 39.4 Å². The molecular weight excluding hydrogens is 360 g/mol. The Bertz CT molecular complexity index is 676. The van der Waals surface area contributed by atoms with Crippen molar-refractivity contribution in [3.05, 3.63) is 35.9 Å². The Kier molecular flexibility index (Phi) is 7.39. The molecule has 2 aliphatic heterocycles. The van der Waals surface area contributed by atoms with E-state index in [1.165, 1.54) is 4.90 Å². The second-order valence-electron chi connectivity index (χ2n) is 7.11. The summed E-state index contributed by atoms with van der Waals surface area (Å²) in [6.07, 6.45) is 1.41. The monoisotopic (exact) mass is 388 g/mol. The average molecular weight is 388 g/mol. The van der Waals surface area contributed by atoms with Crippen molar-refractivity contribution in [3.63, 3.8) is 0 Å². The summed E-state index contributed by atoms with van der Waals surface area (Å²) in [6.45, 7) is 5.23. The van der Waals surface area contributed by atoms with E-state index in [1.54, 1.807) is 0 Å². The number of morpholine rings is 1. The lowest BCUT2D eigenvalue weighted by atomic mass is 10.1. The summed E-state index contributed by atoms with van der Waals surface area (Å²) in [6, 6.07) is 8.34. The molecule has 0 aliphatic carbocycles. The van der Waals surface area contributed by atoms with E-state index in [9.17, 15) is 14.4 Å². The molecule has 1 unspecified atom stereocenters. The zero-order valence-corrected chi connectivity index (χ0v) is 16.1. The maximum Gasteiger partial charge on any atom is 0.325 e. The Labute approximate surface area is 165 Å². The van der Waals surface area contributed by atoms with Crippen molar-refractivity contribution < 1.29 is 19.1 Å². The molecule has 2 heterocycles. The number of amides is 4. The van der Waals surface area contributed by atoms with E-state index in [1.807, 2.05) is 30.3 Å². The van der Waals surface area contributed by atoms with E-state index in [-0.39, 0.29) is 24.8 Å². The van der Waals surface area contributed by atoms with Crippen LogP contribution in [0.1, 0.15) is 24.8 Å². The van der Waals surface area contributed by atoms with Crippen molar-refractivity contribution >= 4 is 17.8 Å². The van der Waals surface area contributed by atoms with Crippen molar-refractivity contribution in [2.45, 2.75) is 31.8 Å². The van der Waals surface area contributed by atoms with E-state index < -0.39 is 12.1 Å². The number of hydrogen-bond donors (Lipinski definition) is 2. The number of urea groups is 1. The van der Waals surface area contributed by atoms with Gasteiger partial charge in [0.2, 0.25) is 5.91 Å². The molecule has 152 valence electrons. The van der Waals surface area contributed by atoms with Crippen molar-refractivity contribution in [1.82, 2.24) is 20.4 Å². The van der Waals surface area contributed by atoms with Gasteiger partial charge in [-0.25, -0.2) is 4.79 Å². The molecule has 2 N–H and O–H groups in total. The molecule has 2 saturated heterocycles. The highest BCUT2D eigenvalue weighted by Crippen LogP contribution is 2.15. The topological polar surface area (TPSA) is 91.0 Å². The first-order chi connectivity index (χ1) is 13.6. The minimum atomic E-state index is -0.629. The Morgan fingerprint density at radius 1 is 1.18 bits per heavy atom. The normalized spacial score (nSPS) is 20.3. The number of carbonyl (C=O) groups excluding carboxylic acids is 3. The van der Waals surface area contributed by atoms with Gasteiger partial charge in [0, 0.05) is 26.1 Å². The van der Waals surface area contributed by atoms with Gasteiger partial charge in [0.1, 0.15) is 6.04 Å². The Balaban J connectivity index is 1.34. The molecule has 0 aromatic heterocycles. The van der Waals surface area contributed by atoms with Crippen LogP contribution in [0.15, 0.2) is 30.3 Å². The van der Waals surface area contributed by atoms with Gasteiger partial charge in [0.05, 0.1) is 19.8 Å². The summed E-state index contributed by atoms with van der Waals surface area (Å²) in [7, 11) is 0. The molecule has 1 aromatic rings. The fraction of sp³-hybridized carbons (Fsp3) is 0.550. The standard InChI is InChI=1S/C20H28N4O4/c25-18(21-9-4-10-23-11-13-28-14-12-23)8-7-17-19(26)24(20(27)22-17)15-16-5-2-1-3-6-16/h1-3,5-6,17H,4,7-15H2,(H,21,25)(H,22,27). The lowest BCUT2D eigenvalue weighted by Gasteiger charge is -2.26. The van der Waals surface area contributed by atoms with E-state index in [2.05, 4.69) is 15.5 Å². The smallest absolute Gasteiger partial charge is 0.325 e. The molecule has 2 aliphatic rings. The predicted molar refractivity (Wildman–Crippen MR) is 103 cm³/mol. The lowest BCUT2D eigenvalue weighted by molar-refractivity contribution is -0.128. The molecule has 4 amide bonds. The first kappa shape index (κ1) is 20.3. The van der Waals surface area contributed by atoms with Gasteiger partial charge in [-0.3, -0.25) is 19.4 Å². The minimum Gasteiger partial charge on any atom is -0.379 e. The summed E-state index contributed by atoms with van der Waals surface area (Å²) in [5.74, 6) is -0.362. The quantitative estimate of drug-likeness (QED) is 0.481. The summed E-state index contributed by atoms with van der Waals surface area (Å²) in [5.41, 5.74) is 0.893. The van der Waals surface area contributed by atoms with Crippen molar-refractivity contribution in [1.29, 1.82) is 0 Å². The number of carbonyl (C=O) groups is 3. The van der Waals surface area contributed by atoms with Crippen LogP contribution in [-0.4, -0.2) is 73.1 Å². The Hall–Kier alpha value is -2.45. The molecule has 0 bridgehead atoms. The molecule has 0 spiro atoms. The highest BCUT2D eigenvalue weighted by atomic mass is 16.5. The second kappa shape index (κ2) is 10.2. The zero-order valence-electron chi connectivity index (χ0n) is 16.1. The average Bonchev–Trinajstić information content (AvgIpc) is 2.99. The summed E-state index contributed by atoms with van der Waals surface area (Å²) in [5, 5.41) is 5.57. The minimum absolute atomic E-state index is 0.0921. The van der Waals surface area contributed by atoms with Crippen LogP contribution in [0.4, 0.5) is 4.79 Å². The van der Waals surface area contributed by atoms with Crippen LogP contribution in [-0.2, 0) is 20.9 Å². The van der Waals surface area contributed by atoms with Gasteiger partial charge >= 0.3 is 6.03 Å². The molecular formula is C20H28N4O4. The largest absolute Gasteiger partial charge is 0.379 e. The van der Waals surface area contributed by atoms with E-state index in [4.69, 9.17) is 4.74 Å². The van der Waals surface area contributed by atoms with E-state index >= 15 is 0 Å². The number of hydrogen-bond acceptors (Lipinski definition) is 5. The van der Waals surface area contributed by atoms with Crippen molar-refractivity contribution in [3.8, 4) is 0 Å². The summed E-state index contributed by atoms with van der Waals surface area (Å²) < 4.78 is 5.31. The van der Waals surface area contributed by atoms with Gasteiger partial charge in [-0.05, 0) is 24.9 Å². The van der Waals surface area contributed by atoms with Crippen LogP contribution >= 0.6 is 0 Å². The molecule has 1 atom stereocenters. The van der Waals surface area contributed by atoms with Gasteiger partial charge in [0.25, 0.3) is 5.91 Å². The van der Waals surface area contributed by atoms with Gasteiger partial charge in [-0.1, -0.05) is 30.3 Å². The van der Waals surface area contributed by atoms with Crippen LogP contribution < -0.4 is 10.6 Å². The third kappa shape index (κ3) is 5.77. The predicted octanol–water partition coefficient (Wildman–Crippen LogP) is 0.726. The summed E-state index contributed by atoms with van der Waals surface area (Å²) in [4.78, 5) is 40.1. The first-order valence-electron chi connectivity index (χ1n) is 9.86. The number of rotatable bonds is 9. The third-order valence-corrected chi connectivity index (χ3v) is 5.03. The maximum atomic E-state index is 12.5. The molecule has 0 saturated carbocycles. The maximum absolute atomic E-state index is 12.5. The van der Waals surface area contributed by atoms with Crippen molar-refractivity contribution in [2.24, 2.45) is 0 Å². The first-order valence-corrected chi connectivity index (χ1v) is 9.86. The number of benzene rings is 1. The highest BCUT2D eigenvalue weighted by molar-refractivity contribution is 6.04. The molecule has 2 fully saturated rings. The van der Waals surface area contributed by atoms with Crippen LogP contribution in [0, 0.1) is 0 Å².